The van der Waals surface area contributed by atoms with E-state index in [1.807, 2.05) is 0 Å². The van der Waals surface area contributed by atoms with Crippen LogP contribution in [0.4, 0.5) is 0 Å². The van der Waals surface area contributed by atoms with Gasteiger partial charge in [-0.1, -0.05) is 6.07 Å². The summed E-state index contributed by atoms with van der Waals surface area (Å²) in [4.78, 5) is 9.68. The van der Waals surface area contributed by atoms with Crippen LogP contribution in [0.2, 0.25) is 0 Å². The summed E-state index contributed by atoms with van der Waals surface area (Å²) in [6, 6.07) is 4.99. The highest BCUT2D eigenvalue weighted by Crippen LogP contribution is 2.44. The SMILES string of the molecule is CCOP(=O)(O)c1ccc2coccc1-2. The molecular formula is C10H11O4P. The standard InChI is InChI=1S/C10H11O4P/c1-2-14-15(11,12)10-4-3-8-7-13-6-5-9(8)10/h3-7H,2H2,1H3,(H,11,12). The van der Waals surface area contributed by atoms with Crippen LogP contribution in [-0.2, 0) is 9.09 Å². The average molecular weight is 226 g/mol. The largest absolute Gasteiger partial charge is 0.472 e. The Bertz CT molecular complexity index is 476. The van der Waals surface area contributed by atoms with Crippen molar-refractivity contribution in [3.63, 3.8) is 0 Å². The molecule has 0 saturated heterocycles. The average Bonchev–Trinajstić information content (AvgIpc) is 2.61. The zero-order chi connectivity index (χ0) is 10.9. The topological polar surface area (TPSA) is 59.7 Å². The lowest BCUT2D eigenvalue weighted by molar-refractivity contribution is 0.284. The van der Waals surface area contributed by atoms with Crippen molar-refractivity contribution in [1.29, 1.82) is 0 Å². The molecule has 1 N–H and O–H groups in total. The summed E-state index contributed by atoms with van der Waals surface area (Å²) in [5.74, 6) is 0. The third-order valence-corrected chi connectivity index (χ3v) is 3.73. The minimum Gasteiger partial charge on any atom is -0.472 e. The molecule has 0 aromatic heterocycles. The molecule has 0 aromatic rings. The van der Waals surface area contributed by atoms with E-state index in [1.165, 1.54) is 12.5 Å². The highest BCUT2D eigenvalue weighted by atomic mass is 31.2. The number of rotatable bonds is 3. The van der Waals surface area contributed by atoms with E-state index in [0.29, 0.717) is 10.9 Å². The molecule has 2 aliphatic rings. The van der Waals surface area contributed by atoms with Crippen molar-refractivity contribution in [2.45, 2.75) is 6.92 Å². The van der Waals surface area contributed by atoms with E-state index in [9.17, 15) is 9.46 Å². The number of hydrogen-bond donors (Lipinski definition) is 1. The molecule has 1 atom stereocenters. The highest BCUT2D eigenvalue weighted by Gasteiger charge is 2.27. The van der Waals surface area contributed by atoms with Gasteiger partial charge in [0.25, 0.3) is 0 Å². The van der Waals surface area contributed by atoms with Gasteiger partial charge in [0.05, 0.1) is 24.4 Å². The van der Waals surface area contributed by atoms with E-state index in [4.69, 9.17) is 8.94 Å². The van der Waals surface area contributed by atoms with E-state index in [2.05, 4.69) is 0 Å². The van der Waals surface area contributed by atoms with Gasteiger partial charge in [0.1, 0.15) is 0 Å². The maximum atomic E-state index is 11.8. The first-order valence-electron chi connectivity index (χ1n) is 4.58. The zero-order valence-electron chi connectivity index (χ0n) is 8.21. The third-order valence-electron chi connectivity index (χ3n) is 2.12. The molecule has 15 heavy (non-hydrogen) atoms. The monoisotopic (exact) mass is 226 g/mol. The lowest BCUT2D eigenvalue weighted by Crippen LogP contribution is -2.06. The van der Waals surface area contributed by atoms with Gasteiger partial charge in [-0.2, -0.15) is 0 Å². The Balaban J connectivity index is 2.50. The molecule has 1 aliphatic heterocycles. The van der Waals surface area contributed by atoms with Crippen molar-refractivity contribution in [2.24, 2.45) is 0 Å². The highest BCUT2D eigenvalue weighted by molar-refractivity contribution is 7.61. The third kappa shape index (κ3) is 1.84. The second kappa shape index (κ2) is 3.81. The smallest absolute Gasteiger partial charge is 0.359 e. The first-order chi connectivity index (χ1) is 7.15. The molecule has 1 unspecified atom stereocenters. The molecule has 0 saturated carbocycles. The Morgan fingerprint density at radius 3 is 3.00 bits per heavy atom. The Hall–Kier alpha value is -1.09. The van der Waals surface area contributed by atoms with Gasteiger partial charge in [-0.3, -0.25) is 4.57 Å². The molecule has 1 heterocycles. The first kappa shape index (κ1) is 10.4. The molecule has 2 rings (SSSR count). The molecular weight excluding hydrogens is 215 g/mol. The van der Waals surface area contributed by atoms with Crippen LogP contribution in [0.25, 0.3) is 11.1 Å². The van der Waals surface area contributed by atoms with Crippen molar-refractivity contribution in [1.82, 2.24) is 0 Å². The van der Waals surface area contributed by atoms with Crippen LogP contribution in [0.1, 0.15) is 6.92 Å². The van der Waals surface area contributed by atoms with Crippen molar-refractivity contribution in [3.8, 4) is 11.1 Å². The van der Waals surface area contributed by atoms with Gasteiger partial charge in [-0.25, -0.2) is 0 Å². The summed E-state index contributed by atoms with van der Waals surface area (Å²) in [5.41, 5.74) is 1.49. The molecule has 0 amide bonds. The van der Waals surface area contributed by atoms with Crippen molar-refractivity contribution >= 4 is 12.9 Å². The second-order valence-electron chi connectivity index (χ2n) is 3.08. The maximum absolute atomic E-state index is 11.8. The van der Waals surface area contributed by atoms with Crippen LogP contribution in [0, 0.1) is 0 Å². The molecule has 0 radical (unpaired) electrons. The van der Waals surface area contributed by atoms with Crippen LogP contribution >= 0.6 is 7.60 Å². The van der Waals surface area contributed by atoms with E-state index in [-0.39, 0.29) is 6.61 Å². The predicted octanol–water partition coefficient (Wildman–Crippen LogP) is 2.23. The Morgan fingerprint density at radius 1 is 1.47 bits per heavy atom. The molecule has 0 bridgehead atoms. The van der Waals surface area contributed by atoms with E-state index < -0.39 is 7.60 Å². The molecule has 5 heteroatoms. The molecule has 1 aliphatic carbocycles. The predicted molar refractivity (Wildman–Crippen MR) is 56.4 cm³/mol. The summed E-state index contributed by atoms with van der Waals surface area (Å²) in [5, 5.41) is 0.329. The molecule has 80 valence electrons. The van der Waals surface area contributed by atoms with Crippen molar-refractivity contribution in [2.75, 3.05) is 6.61 Å². The maximum Gasteiger partial charge on any atom is 0.359 e. The van der Waals surface area contributed by atoms with Gasteiger partial charge in [0, 0.05) is 11.1 Å². The van der Waals surface area contributed by atoms with E-state index in [1.54, 1.807) is 25.1 Å². The minimum atomic E-state index is -3.68. The summed E-state index contributed by atoms with van der Waals surface area (Å²) in [6.07, 6.45) is 3.00. The van der Waals surface area contributed by atoms with Gasteiger partial charge in [-0.15, -0.1) is 0 Å². The molecule has 4 nitrogen and oxygen atoms in total. The van der Waals surface area contributed by atoms with Gasteiger partial charge in [0.2, 0.25) is 0 Å². The molecule has 0 aromatic carbocycles. The zero-order valence-corrected chi connectivity index (χ0v) is 9.11. The van der Waals surface area contributed by atoms with Crippen molar-refractivity contribution < 1.29 is 18.4 Å². The quantitative estimate of drug-likeness (QED) is 0.815. The lowest BCUT2D eigenvalue weighted by atomic mass is 10.2. The van der Waals surface area contributed by atoms with Gasteiger partial charge >= 0.3 is 7.60 Å². The van der Waals surface area contributed by atoms with Gasteiger partial charge in [0.15, 0.2) is 0 Å². The summed E-state index contributed by atoms with van der Waals surface area (Å²) < 4.78 is 21.6. The van der Waals surface area contributed by atoms with E-state index in [0.717, 1.165) is 5.56 Å². The Kier molecular flexibility index (Phi) is 2.65. The van der Waals surface area contributed by atoms with Crippen LogP contribution < -0.4 is 5.30 Å². The Labute approximate surface area is 87.4 Å². The summed E-state index contributed by atoms with van der Waals surface area (Å²) in [6.45, 7) is 1.89. The first-order valence-corrected chi connectivity index (χ1v) is 6.15. The fourth-order valence-electron chi connectivity index (χ4n) is 1.49. The van der Waals surface area contributed by atoms with Crippen LogP contribution in [0.15, 0.2) is 35.1 Å². The van der Waals surface area contributed by atoms with Crippen LogP contribution in [-0.4, -0.2) is 11.5 Å². The summed E-state index contributed by atoms with van der Waals surface area (Å²) >= 11 is 0. The summed E-state index contributed by atoms with van der Waals surface area (Å²) in [7, 11) is -3.68. The molecule has 0 spiro atoms. The second-order valence-corrected chi connectivity index (χ2v) is 4.86. The van der Waals surface area contributed by atoms with Crippen LogP contribution in [0.3, 0.4) is 0 Å². The van der Waals surface area contributed by atoms with Crippen molar-refractivity contribution in [3.05, 3.63) is 30.7 Å². The lowest BCUT2D eigenvalue weighted by Gasteiger charge is -2.11. The van der Waals surface area contributed by atoms with Crippen LogP contribution in [0.5, 0.6) is 0 Å². The normalized spacial score (nSPS) is 15.3. The molecule has 0 fully saturated rings. The Morgan fingerprint density at radius 2 is 2.27 bits per heavy atom. The number of hydrogen-bond acceptors (Lipinski definition) is 3. The van der Waals surface area contributed by atoms with Gasteiger partial charge in [-0.05, 0) is 19.1 Å². The number of fused-ring (bicyclic) bond motifs is 1. The fourth-order valence-corrected chi connectivity index (χ4v) is 2.75. The van der Waals surface area contributed by atoms with Gasteiger partial charge < -0.3 is 13.8 Å². The minimum absolute atomic E-state index is 0.206. The van der Waals surface area contributed by atoms with E-state index >= 15 is 0 Å². The fraction of sp³-hybridized carbons (Fsp3) is 0.200.